The number of nitrogens with one attached hydrogen (secondary N) is 1. The molecule has 1 N–H and O–H groups in total. The highest BCUT2D eigenvalue weighted by Crippen LogP contribution is 2.21. The van der Waals surface area contributed by atoms with Crippen LogP contribution in [-0.4, -0.2) is 44.3 Å². The first-order chi connectivity index (χ1) is 9.20. The van der Waals surface area contributed by atoms with Gasteiger partial charge in [-0.3, -0.25) is 4.90 Å². The quantitative estimate of drug-likeness (QED) is 0.899. The molecule has 1 aliphatic heterocycles. The van der Waals surface area contributed by atoms with Gasteiger partial charge in [-0.05, 0) is 38.1 Å². The summed E-state index contributed by atoms with van der Waals surface area (Å²) >= 11 is 6.06. The Bertz CT molecular complexity index is 399. The number of hydrogen-bond acceptors (Lipinski definition) is 3. The molecule has 106 valence electrons. The highest BCUT2D eigenvalue weighted by Gasteiger charge is 2.20. The maximum Gasteiger partial charge on any atom is 0.0619 e. The number of hydrogen-bond donors (Lipinski definition) is 1. The van der Waals surface area contributed by atoms with Gasteiger partial charge >= 0.3 is 0 Å². The van der Waals surface area contributed by atoms with Crippen molar-refractivity contribution in [1.82, 2.24) is 10.2 Å². The Morgan fingerprint density at radius 3 is 3.05 bits per heavy atom. The molecule has 4 heteroatoms. The van der Waals surface area contributed by atoms with E-state index in [9.17, 15) is 0 Å². The molecule has 2 unspecified atom stereocenters. The van der Waals surface area contributed by atoms with Gasteiger partial charge in [-0.15, -0.1) is 0 Å². The molecular weight excluding hydrogens is 260 g/mol. The van der Waals surface area contributed by atoms with Crippen LogP contribution in [0.1, 0.15) is 24.9 Å². The second-order valence-corrected chi connectivity index (χ2v) is 5.58. The molecule has 1 saturated heterocycles. The number of halogens is 1. The zero-order chi connectivity index (χ0) is 13.7. The van der Waals surface area contributed by atoms with Crippen LogP contribution in [0, 0.1) is 0 Å². The molecule has 0 aromatic heterocycles. The molecule has 1 aromatic carbocycles. The van der Waals surface area contributed by atoms with E-state index in [0.29, 0.717) is 12.1 Å². The first-order valence-corrected chi connectivity index (χ1v) is 7.33. The summed E-state index contributed by atoms with van der Waals surface area (Å²) in [4.78, 5) is 2.50. The molecule has 2 atom stereocenters. The van der Waals surface area contributed by atoms with Gasteiger partial charge in [0.25, 0.3) is 0 Å². The van der Waals surface area contributed by atoms with Crippen molar-refractivity contribution in [2.24, 2.45) is 0 Å². The average molecular weight is 283 g/mol. The predicted molar refractivity (Wildman–Crippen MR) is 79.7 cm³/mol. The molecule has 0 radical (unpaired) electrons. The van der Waals surface area contributed by atoms with Crippen molar-refractivity contribution in [1.29, 1.82) is 0 Å². The van der Waals surface area contributed by atoms with Crippen LogP contribution in [0.25, 0.3) is 0 Å². The second kappa shape index (κ2) is 7.25. The minimum Gasteiger partial charge on any atom is -0.379 e. The Hall–Kier alpha value is -0.610. The summed E-state index contributed by atoms with van der Waals surface area (Å²) < 4.78 is 5.47. The number of benzene rings is 1. The molecular formula is C15H23ClN2O. The first-order valence-electron chi connectivity index (χ1n) is 6.95. The van der Waals surface area contributed by atoms with Crippen LogP contribution >= 0.6 is 11.6 Å². The van der Waals surface area contributed by atoms with Gasteiger partial charge in [0, 0.05) is 30.2 Å². The number of morpholine rings is 1. The summed E-state index contributed by atoms with van der Waals surface area (Å²) in [6.45, 7) is 6.05. The molecule has 19 heavy (non-hydrogen) atoms. The summed E-state index contributed by atoms with van der Waals surface area (Å²) in [6, 6.07) is 8.99. The summed E-state index contributed by atoms with van der Waals surface area (Å²) in [5, 5.41) is 4.19. The summed E-state index contributed by atoms with van der Waals surface area (Å²) in [6.07, 6.45) is 1.08. The predicted octanol–water partition coefficient (Wildman–Crippen LogP) is 2.71. The largest absolute Gasteiger partial charge is 0.379 e. The lowest BCUT2D eigenvalue weighted by molar-refractivity contribution is -0.00173. The van der Waals surface area contributed by atoms with Crippen molar-refractivity contribution >= 4 is 11.6 Å². The van der Waals surface area contributed by atoms with E-state index in [4.69, 9.17) is 16.3 Å². The van der Waals surface area contributed by atoms with E-state index >= 15 is 0 Å². The van der Waals surface area contributed by atoms with Crippen LogP contribution < -0.4 is 5.32 Å². The molecule has 0 saturated carbocycles. The van der Waals surface area contributed by atoms with Gasteiger partial charge in [-0.25, -0.2) is 0 Å². The van der Waals surface area contributed by atoms with E-state index in [2.05, 4.69) is 23.2 Å². The Labute approximate surface area is 120 Å². The first kappa shape index (κ1) is 14.8. The third kappa shape index (κ3) is 4.18. The SMILES string of the molecule is CNC(CCN1CCOCC1C)c1cccc(Cl)c1. The molecule has 0 spiro atoms. The smallest absolute Gasteiger partial charge is 0.0619 e. The summed E-state index contributed by atoms with van der Waals surface area (Å²) in [5.41, 5.74) is 1.26. The zero-order valence-electron chi connectivity index (χ0n) is 11.7. The maximum atomic E-state index is 6.06. The van der Waals surface area contributed by atoms with Gasteiger partial charge < -0.3 is 10.1 Å². The Morgan fingerprint density at radius 1 is 1.53 bits per heavy atom. The lowest BCUT2D eigenvalue weighted by atomic mass is 10.0. The van der Waals surface area contributed by atoms with E-state index in [-0.39, 0.29) is 0 Å². The van der Waals surface area contributed by atoms with E-state index in [1.807, 2.05) is 25.2 Å². The van der Waals surface area contributed by atoms with Gasteiger partial charge in [0.05, 0.1) is 13.2 Å². The Balaban J connectivity index is 1.92. The molecule has 1 fully saturated rings. The van der Waals surface area contributed by atoms with Crippen molar-refractivity contribution < 1.29 is 4.74 Å². The molecule has 1 aliphatic rings. The fraction of sp³-hybridized carbons (Fsp3) is 0.600. The molecule has 0 aliphatic carbocycles. The van der Waals surface area contributed by atoms with Crippen LogP contribution in [0.2, 0.25) is 5.02 Å². The normalized spacial score (nSPS) is 22.4. The average Bonchev–Trinajstić information content (AvgIpc) is 2.41. The second-order valence-electron chi connectivity index (χ2n) is 5.14. The van der Waals surface area contributed by atoms with Crippen molar-refractivity contribution in [2.45, 2.75) is 25.4 Å². The van der Waals surface area contributed by atoms with Gasteiger partial charge in [0.2, 0.25) is 0 Å². The number of nitrogens with zero attached hydrogens (tertiary/aromatic N) is 1. The lowest BCUT2D eigenvalue weighted by Gasteiger charge is -2.34. The molecule has 3 nitrogen and oxygen atoms in total. The fourth-order valence-corrected chi connectivity index (χ4v) is 2.79. The van der Waals surface area contributed by atoms with Crippen molar-refractivity contribution in [3.63, 3.8) is 0 Å². The maximum absolute atomic E-state index is 6.06. The molecule has 0 amide bonds. The van der Waals surface area contributed by atoms with Gasteiger partial charge in [-0.2, -0.15) is 0 Å². The third-order valence-electron chi connectivity index (χ3n) is 3.81. The van der Waals surface area contributed by atoms with Crippen LogP contribution in [0.15, 0.2) is 24.3 Å². The van der Waals surface area contributed by atoms with E-state index in [1.165, 1.54) is 5.56 Å². The Morgan fingerprint density at radius 2 is 2.37 bits per heavy atom. The fourth-order valence-electron chi connectivity index (χ4n) is 2.59. The zero-order valence-corrected chi connectivity index (χ0v) is 12.5. The molecule has 2 rings (SSSR count). The lowest BCUT2D eigenvalue weighted by Crippen LogP contribution is -2.44. The third-order valence-corrected chi connectivity index (χ3v) is 4.04. The van der Waals surface area contributed by atoms with Crippen LogP contribution in [-0.2, 0) is 4.74 Å². The summed E-state index contributed by atoms with van der Waals surface area (Å²) in [5.74, 6) is 0. The molecule has 1 heterocycles. The van der Waals surface area contributed by atoms with Crippen LogP contribution in [0.4, 0.5) is 0 Å². The standard InChI is InChI=1S/C15H23ClN2O/c1-12-11-19-9-8-18(12)7-6-15(17-2)13-4-3-5-14(16)10-13/h3-5,10,12,15,17H,6-9,11H2,1-2H3. The number of ether oxygens (including phenoxy) is 1. The molecule has 0 bridgehead atoms. The van der Waals surface area contributed by atoms with Gasteiger partial charge in [-0.1, -0.05) is 23.7 Å². The summed E-state index contributed by atoms with van der Waals surface area (Å²) in [7, 11) is 2.01. The van der Waals surface area contributed by atoms with Gasteiger partial charge in [0.1, 0.15) is 0 Å². The topological polar surface area (TPSA) is 24.5 Å². The minimum absolute atomic E-state index is 0.355. The monoisotopic (exact) mass is 282 g/mol. The molecule has 1 aromatic rings. The van der Waals surface area contributed by atoms with Crippen molar-refractivity contribution in [3.8, 4) is 0 Å². The van der Waals surface area contributed by atoms with E-state index in [0.717, 1.165) is 37.7 Å². The van der Waals surface area contributed by atoms with E-state index in [1.54, 1.807) is 0 Å². The minimum atomic E-state index is 0.355. The van der Waals surface area contributed by atoms with Crippen molar-refractivity contribution in [2.75, 3.05) is 33.4 Å². The van der Waals surface area contributed by atoms with Crippen molar-refractivity contribution in [3.05, 3.63) is 34.9 Å². The number of rotatable bonds is 5. The highest BCUT2D eigenvalue weighted by atomic mass is 35.5. The highest BCUT2D eigenvalue weighted by molar-refractivity contribution is 6.30. The van der Waals surface area contributed by atoms with Crippen LogP contribution in [0.3, 0.4) is 0 Å². The van der Waals surface area contributed by atoms with Gasteiger partial charge in [0.15, 0.2) is 0 Å². The van der Waals surface area contributed by atoms with Crippen LogP contribution in [0.5, 0.6) is 0 Å². The Kier molecular flexibility index (Phi) is 5.64. The van der Waals surface area contributed by atoms with E-state index < -0.39 is 0 Å².